The lowest BCUT2D eigenvalue weighted by Gasteiger charge is -2.19. The molecule has 0 aliphatic carbocycles. The smallest absolute Gasteiger partial charge is 0.246 e. The van der Waals surface area contributed by atoms with Crippen molar-refractivity contribution in [1.29, 1.82) is 0 Å². The third-order valence-electron chi connectivity index (χ3n) is 4.53. The van der Waals surface area contributed by atoms with Crippen LogP contribution in [-0.4, -0.2) is 38.3 Å². The molecule has 7 heteroatoms. The summed E-state index contributed by atoms with van der Waals surface area (Å²) >= 11 is 0. The Morgan fingerprint density at radius 3 is 2.58 bits per heavy atom. The van der Waals surface area contributed by atoms with Crippen molar-refractivity contribution in [3.63, 3.8) is 0 Å². The van der Waals surface area contributed by atoms with Crippen molar-refractivity contribution >= 4 is 21.6 Å². The molecule has 0 aromatic heterocycles. The molecule has 1 fully saturated rings. The zero-order valence-corrected chi connectivity index (χ0v) is 16.8. The van der Waals surface area contributed by atoms with Gasteiger partial charge in [-0.25, -0.2) is 8.42 Å². The van der Waals surface area contributed by atoms with Gasteiger partial charge >= 0.3 is 0 Å². The second kappa shape index (κ2) is 9.37. The summed E-state index contributed by atoms with van der Waals surface area (Å²) in [4.78, 5) is 12.3. The van der Waals surface area contributed by atoms with Crippen molar-refractivity contribution < 1.29 is 17.9 Å². The summed E-state index contributed by atoms with van der Waals surface area (Å²) in [5.74, 6) is 0.534. The molecule has 0 radical (unpaired) electrons. The number of nitrogens with zero attached hydrogens (tertiary/aromatic N) is 1. The van der Waals surface area contributed by atoms with Gasteiger partial charge < -0.3 is 10.1 Å². The number of hydrogen-bond donors (Lipinski definition) is 1. The molecule has 0 saturated carbocycles. The molecular weight excluding hydrogens is 352 g/mol. The SMILES string of the molecule is CCCC(C)CC(=O)Nc1ccc(OCC)c(S(=O)(=O)N2CCCC2)c1. The second-order valence-corrected chi connectivity index (χ2v) is 8.76. The maximum atomic E-state index is 13.0. The summed E-state index contributed by atoms with van der Waals surface area (Å²) in [5, 5.41) is 2.83. The summed E-state index contributed by atoms with van der Waals surface area (Å²) in [6, 6.07) is 4.83. The van der Waals surface area contributed by atoms with Crippen molar-refractivity contribution in [2.24, 2.45) is 5.92 Å². The molecule has 1 aromatic carbocycles. The van der Waals surface area contributed by atoms with Crippen LogP contribution in [-0.2, 0) is 14.8 Å². The van der Waals surface area contributed by atoms with Crippen molar-refractivity contribution in [2.45, 2.75) is 57.8 Å². The lowest BCUT2D eigenvalue weighted by Crippen LogP contribution is -2.28. The maximum Gasteiger partial charge on any atom is 0.246 e. The Balaban J connectivity index is 2.23. The van der Waals surface area contributed by atoms with Gasteiger partial charge in [-0.05, 0) is 43.9 Å². The zero-order chi connectivity index (χ0) is 19.2. The Bertz CT molecular complexity index is 712. The van der Waals surface area contributed by atoms with E-state index in [0.29, 0.717) is 43.5 Å². The van der Waals surface area contributed by atoms with Gasteiger partial charge in [0.25, 0.3) is 0 Å². The summed E-state index contributed by atoms with van der Waals surface area (Å²) in [5.41, 5.74) is 0.486. The van der Waals surface area contributed by atoms with E-state index in [9.17, 15) is 13.2 Å². The molecule has 26 heavy (non-hydrogen) atoms. The van der Waals surface area contributed by atoms with Crippen LogP contribution in [0.25, 0.3) is 0 Å². The van der Waals surface area contributed by atoms with Gasteiger partial charge in [0.2, 0.25) is 15.9 Å². The predicted molar refractivity (Wildman–Crippen MR) is 103 cm³/mol. The van der Waals surface area contributed by atoms with E-state index in [0.717, 1.165) is 25.7 Å². The van der Waals surface area contributed by atoms with Crippen molar-refractivity contribution in [3.8, 4) is 5.75 Å². The number of anilines is 1. The molecule has 2 rings (SSSR count). The van der Waals surface area contributed by atoms with E-state index in [1.807, 2.05) is 13.8 Å². The van der Waals surface area contributed by atoms with Crippen LogP contribution < -0.4 is 10.1 Å². The van der Waals surface area contributed by atoms with Crippen LogP contribution in [0.3, 0.4) is 0 Å². The van der Waals surface area contributed by atoms with Gasteiger partial charge in [0.05, 0.1) is 6.61 Å². The van der Waals surface area contributed by atoms with E-state index in [-0.39, 0.29) is 10.8 Å². The van der Waals surface area contributed by atoms with E-state index in [1.165, 1.54) is 10.4 Å². The van der Waals surface area contributed by atoms with Gasteiger partial charge in [0, 0.05) is 25.2 Å². The molecule has 1 amide bonds. The number of hydrogen-bond acceptors (Lipinski definition) is 4. The second-order valence-electron chi connectivity index (χ2n) is 6.85. The zero-order valence-electron chi connectivity index (χ0n) is 16.0. The molecule has 1 N–H and O–H groups in total. The van der Waals surface area contributed by atoms with E-state index in [4.69, 9.17) is 4.74 Å². The van der Waals surface area contributed by atoms with Crippen LogP contribution in [0.5, 0.6) is 5.75 Å². The first-order valence-electron chi connectivity index (χ1n) is 9.45. The molecule has 146 valence electrons. The van der Waals surface area contributed by atoms with Gasteiger partial charge in [-0.3, -0.25) is 4.79 Å². The highest BCUT2D eigenvalue weighted by Gasteiger charge is 2.30. The number of amides is 1. The molecule has 6 nitrogen and oxygen atoms in total. The van der Waals surface area contributed by atoms with Crippen LogP contribution in [0.1, 0.15) is 52.9 Å². The highest BCUT2D eigenvalue weighted by Crippen LogP contribution is 2.31. The van der Waals surface area contributed by atoms with Crippen LogP contribution in [0.15, 0.2) is 23.1 Å². The number of carbonyl (C=O) groups excluding carboxylic acids is 1. The topological polar surface area (TPSA) is 75.7 Å². The fourth-order valence-corrected chi connectivity index (χ4v) is 4.93. The first-order valence-corrected chi connectivity index (χ1v) is 10.9. The van der Waals surface area contributed by atoms with Crippen LogP contribution >= 0.6 is 0 Å². The molecule has 0 bridgehead atoms. The number of rotatable bonds is 9. The Morgan fingerprint density at radius 2 is 1.96 bits per heavy atom. The average molecular weight is 383 g/mol. The molecule has 1 aliphatic rings. The maximum absolute atomic E-state index is 13.0. The van der Waals surface area contributed by atoms with Crippen molar-refractivity contribution in [3.05, 3.63) is 18.2 Å². The molecule has 0 spiro atoms. The number of ether oxygens (including phenoxy) is 1. The van der Waals surface area contributed by atoms with E-state index >= 15 is 0 Å². The van der Waals surface area contributed by atoms with E-state index in [1.54, 1.807) is 12.1 Å². The minimum Gasteiger partial charge on any atom is -0.492 e. The van der Waals surface area contributed by atoms with Gasteiger partial charge in [0.1, 0.15) is 10.6 Å². The summed E-state index contributed by atoms with van der Waals surface area (Å²) < 4.78 is 32.9. The Hall–Kier alpha value is -1.60. The molecule has 1 atom stereocenters. The van der Waals surface area contributed by atoms with E-state index < -0.39 is 10.0 Å². The fraction of sp³-hybridized carbons (Fsp3) is 0.632. The van der Waals surface area contributed by atoms with Gasteiger partial charge in [0.15, 0.2) is 0 Å². The molecule has 1 heterocycles. The quantitative estimate of drug-likeness (QED) is 0.707. The molecular formula is C19H30N2O4S. The van der Waals surface area contributed by atoms with Crippen LogP contribution in [0.4, 0.5) is 5.69 Å². The molecule has 1 aliphatic heterocycles. The Kier molecular flexibility index (Phi) is 7.46. The average Bonchev–Trinajstić information content (AvgIpc) is 3.11. The Labute approximate surface area is 157 Å². The number of sulfonamides is 1. The van der Waals surface area contributed by atoms with E-state index in [2.05, 4.69) is 12.2 Å². The largest absolute Gasteiger partial charge is 0.492 e. The number of benzene rings is 1. The van der Waals surface area contributed by atoms with Gasteiger partial charge in [-0.1, -0.05) is 26.7 Å². The Morgan fingerprint density at radius 1 is 1.27 bits per heavy atom. The summed E-state index contributed by atoms with van der Waals surface area (Å²) in [6.07, 6.45) is 4.19. The highest BCUT2D eigenvalue weighted by molar-refractivity contribution is 7.89. The molecule has 1 aromatic rings. The number of carbonyl (C=O) groups is 1. The fourth-order valence-electron chi connectivity index (χ4n) is 3.25. The molecule has 1 saturated heterocycles. The van der Waals surface area contributed by atoms with Crippen LogP contribution in [0.2, 0.25) is 0 Å². The summed E-state index contributed by atoms with van der Waals surface area (Å²) in [6.45, 7) is 7.39. The predicted octanol–water partition coefficient (Wildman–Crippen LogP) is 3.63. The highest BCUT2D eigenvalue weighted by atomic mass is 32.2. The lowest BCUT2D eigenvalue weighted by molar-refractivity contribution is -0.117. The molecule has 1 unspecified atom stereocenters. The summed E-state index contributed by atoms with van der Waals surface area (Å²) in [7, 11) is -3.62. The third-order valence-corrected chi connectivity index (χ3v) is 6.45. The van der Waals surface area contributed by atoms with Crippen molar-refractivity contribution in [2.75, 3.05) is 25.0 Å². The van der Waals surface area contributed by atoms with Gasteiger partial charge in [-0.2, -0.15) is 4.31 Å². The van der Waals surface area contributed by atoms with Gasteiger partial charge in [-0.15, -0.1) is 0 Å². The van der Waals surface area contributed by atoms with Crippen molar-refractivity contribution in [1.82, 2.24) is 4.31 Å². The lowest BCUT2D eigenvalue weighted by atomic mass is 10.0. The monoisotopic (exact) mass is 382 g/mol. The minimum absolute atomic E-state index is 0.0976. The minimum atomic E-state index is -3.62. The first-order chi connectivity index (χ1) is 12.4. The normalized spacial score (nSPS) is 16.4. The number of nitrogens with one attached hydrogen (secondary N) is 1. The standard InChI is InChI=1S/C19H30N2O4S/c1-4-8-15(3)13-19(22)20-16-9-10-17(25-5-2)18(14-16)26(23,24)21-11-6-7-12-21/h9-10,14-15H,4-8,11-13H2,1-3H3,(H,20,22). The first kappa shape index (κ1) is 20.7. The third kappa shape index (κ3) is 5.20. The van der Waals surface area contributed by atoms with Crippen LogP contribution in [0, 0.1) is 5.92 Å².